The topological polar surface area (TPSA) is 61.4 Å². The molecule has 130 valence electrons. The highest BCUT2D eigenvalue weighted by molar-refractivity contribution is 5.96. The van der Waals surface area contributed by atoms with E-state index in [1.54, 1.807) is 17.0 Å². The Morgan fingerprint density at radius 1 is 1.04 bits per heavy atom. The van der Waals surface area contributed by atoms with Gasteiger partial charge in [0.15, 0.2) is 0 Å². The van der Waals surface area contributed by atoms with Gasteiger partial charge >= 0.3 is 6.03 Å². The number of carbonyl (C=O) groups is 2. The van der Waals surface area contributed by atoms with Crippen LogP contribution in [0.5, 0.6) is 0 Å². The Bertz CT molecular complexity index is 763. The lowest BCUT2D eigenvalue weighted by Gasteiger charge is -2.17. The fraction of sp³-hybridized carbons (Fsp3) is 0.222. The summed E-state index contributed by atoms with van der Waals surface area (Å²) < 4.78 is 25.8. The molecule has 25 heavy (non-hydrogen) atoms. The van der Waals surface area contributed by atoms with Crippen molar-refractivity contribution in [3.63, 3.8) is 0 Å². The van der Waals surface area contributed by atoms with Crippen LogP contribution in [0.1, 0.15) is 6.42 Å². The molecule has 1 fully saturated rings. The summed E-state index contributed by atoms with van der Waals surface area (Å²) in [4.78, 5) is 25.6. The first-order valence-corrected chi connectivity index (χ1v) is 7.87. The number of urea groups is 1. The van der Waals surface area contributed by atoms with E-state index < -0.39 is 6.03 Å². The van der Waals surface area contributed by atoms with Gasteiger partial charge in [-0.05, 0) is 48.5 Å². The van der Waals surface area contributed by atoms with E-state index in [0.717, 1.165) is 0 Å². The molecule has 0 aliphatic carbocycles. The van der Waals surface area contributed by atoms with E-state index in [1.165, 1.54) is 36.4 Å². The fourth-order valence-electron chi connectivity index (χ4n) is 2.73. The summed E-state index contributed by atoms with van der Waals surface area (Å²) >= 11 is 0. The van der Waals surface area contributed by atoms with Crippen molar-refractivity contribution in [1.29, 1.82) is 0 Å². The molecule has 1 aliphatic rings. The Morgan fingerprint density at radius 2 is 1.64 bits per heavy atom. The average molecular weight is 345 g/mol. The van der Waals surface area contributed by atoms with Gasteiger partial charge in [-0.2, -0.15) is 0 Å². The highest BCUT2D eigenvalue weighted by Gasteiger charge is 2.30. The van der Waals surface area contributed by atoms with Crippen molar-refractivity contribution in [2.45, 2.75) is 6.42 Å². The van der Waals surface area contributed by atoms with E-state index in [0.29, 0.717) is 30.9 Å². The number of nitrogens with zero attached hydrogens (tertiary/aromatic N) is 1. The summed E-state index contributed by atoms with van der Waals surface area (Å²) in [6, 6.07) is 10.8. The number of benzene rings is 2. The molecule has 7 heteroatoms. The number of hydrogen-bond acceptors (Lipinski definition) is 2. The number of anilines is 2. The zero-order chi connectivity index (χ0) is 17.8. The molecule has 2 aromatic rings. The monoisotopic (exact) mass is 345 g/mol. The van der Waals surface area contributed by atoms with Crippen LogP contribution < -0.4 is 15.5 Å². The van der Waals surface area contributed by atoms with Gasteiger partial charge in [0.2, 0.25) is 5.91 Å². The number of hydrogen-bond donors (Lipinski definition) is 2. The van der Waals surface area contributed by atoms with Crippen molar-refractivity contribution in [3.8, 4) is 0 Å². The first-order valence-electron chi connectivity index (χ1n) is 7.87. The molecule has 2 N–H and O–H groups in total. The number of halogens is 2. The van der Waals surface area contributed by atoms with Gasteiger partial charge in [0.1, 0.15) is 11.6 Å². The number of rotatable bonds is 4. The molecule has 0 spiro atoms. The van der Waals surface area contributed by atoms with Crippen LogP contribution in [0.3, 0.4) is 0 Å². The van der Waals surface area contributed by atoms with Crippen LogP contribution in [0, 0.1) is 17.6 Å². The summed E-state index contributed by atoms with van der Waals surface area (Å²) in [6.45, 7) is 0.789. The van der Waals surface area contributed by atoms with Gasteiger partial charge in [0, 0.05) is 36.8 Å². The zero-order valence-corrected chi connectivity index (χ0v) is 13.3. The van der Waals surface area contributed by atoms with Gasteiger partial charge in [-0.25, -0.2) is 13.6 Å². The summed E-state index contributed by atoms with van der Waals surface area (Å²) in [6.07, 6.45) is 0.314. The van der Waals surface area contributed by atoms with E-state index in [-0.39, 0.29) is 23.5 Å². The predicted molar refractivity (Wildman–Crippen MR) is 90.3 cm³/mol. The van der Waals surface area contributed by atoms with Gasteiger partial charge in [-0.3, -0.25) is 4.79 Å². The van der Waals surface area contributed by atoms with Crippen molar-refractivity contribution in [1.82, 2.24) is 5.32 Å². The van der Waals surface area contributed by atoms with Crippen LogP contribution >= 0.6 is 0 Å². The normalized spacial score (nSPS) is 16.8. The Hall–Kier alpha value is -2.96. The predicted octanol–water partition coefficient (Wildman–Crippen LogP) is 3.14. The molecular formula is C18H17F2N3O2. The highest BCUT2D eigenvalue weighted by atomic mass is 19.1. The van der Waals surface area contributed by atoms with Crippen LogP contribution in [0.25, 0.3) is 0 Å². The Labute approximate surface area is 143 Å². The lowest BCUT2D eigenvalue weighted by Crippen LogP contribution is -2.34. The number of amides is 3. The highest BCUT2D eigenvalue weighted by Crippen LogP contribution is 2.24. The van der Waals surface area contributed by atoms with Gasteiger partial charge in [-0.1, -0.05) is 0 Å². The first kappa shape index (κ1) is 16.9. The Balaban J connectivity index is 1.50. The van der Waals surface area contributed by atoms with Crippen LogP contribution in [-0.4, -0.2) is 25.0 Å². The number of nitrogens with one attached hydrogen (secondary N) is 2. The lowest BCUT2D eigenvalue weighted by molar-refractivity contribution is -0.117. The SMILES string of the molecule is O=C(NC[C@@H]1CC(=O)N(c2ccc(F)cc2)C1)Nc1ccc(F)cc1. The maximum absolute atomic E-state index is 13.0. The molecule has 2 aromatic carbocycles. The second-order valence-corrected chi connectivity index (χ2v) is 5.89. The second-order valence-electron chi connectivity index (χ2n) is 5.89. The minimum atomic E-state index is -0.417. The van der Waals surface area contributed by atoms with Crippen molar-refractivity contribution in [3.05, 3.63) is 60.2 Å². The minimum absolute atomic E-state index is 0.0310. The molecule has 0 radical (unpaired) electrons. The van der Waals surface area contributed by atoms with Crippen LogP contribution in [-0.2, 0) is 4.79 Å². The van der Waals surface area contributed by atoms with E-state index in [4.69, 9.17) is 0 Å². The first-order chi connectivity index (χ1) is 12.0. The van der Waals surface area contributed by atoms with Crippen molar-refractivity contribution in [2.75, 3.05) is 23.3 Å². The van der Waals surface area contributed by atoms with Crippen LogP contribution in [0.4, 0.5) is 25.0 Å². The molecular weight excluding hydrogens is 328 g/mol. The molecule has 3 rings (SSSR count). The van der Waals surface area contributed by atoms with Gasteiger partial charge < -0.3 is 15.5 Å². The van der Waals surface area contributed by atoms with E-state index in [1.807, 2.05) is 0 Å². The molecule has 0 saturated carbocycles. The standard InChI is InChI=1S/C18H17F2N3O2/c19-13-1-5-15(6-2-13)22-18(25)21-10-12-9-17(24)23(11-12)16-7-3-14(20)4-8-16/h1-8,12H,9-11H2,(H2,21,22,25)/t12-/m0/s1. The Morgan fingerprint density at radius 3 is 2.28 bits per heavy atom. The lowest BCUT2D eigenvalue weighted by atomic mass is 10.1. The Kier molecular flexibility index (Phi) is 4.92. The van der Waals surface area contributed by atoms with Crippen LogP contribution in [0.15, 0.2) is 48.5 Å². The molecule has 1 atom stereocenters. The summed E-state index contributed by atoms with van der Waals surface area (Å²) in [5, 5.41) is 5.30. The molecule has 0 aromatic heterocycles. The van der Waals surface area contributed by atoms with E-state index >= 15 is 0 Å². The third kappa shape index (κ3) is 4.32. The van der Waals surface area contributed by atoms with E-state index in [9.17, 15) is 18.4 Å². The van der Waals surface area contributed by atoms with Crippen LogP contribution in [0.2, 0.25) is 0 Å². The second kappa shape index (κ2) is 7.29. The summed E-state index contributed by atoms with van der Waals surface area (Å²) in [5.41, 5.74) is 1.12. The third-order valence-corrected chi connectivity index (χ3v) is 4.00. The molecule has 0 bridgehead atoms. The van der Waals surface area contributed by atoms with Gasteiger partial charge in [0.05, 0.1) is 0 Å². The van der Waals surface area contributed by atoms with Gasteiger partial charge in [0.25, 0.3) is 0 Å². The molecule has 0 unspecified atom stereocenters. The molecule has 1 heterocycles. The average Bonchev–Trinajstić information content (AvgIpc) is 2.97. The summed E-state index contributed by atoms with van der Waals surface area (Å²) in [7, 11) is 0. The third-order valence-electron chi connectivity index (χ3n) is 4.00. The van der Waals surface area contributed by atoms with E-state index in [2.05, 4.69) is 10.6 Å². The largest absolute Gasteiger partial charge is 0.338 e. The minimum Gasteiger partial charge on any atom is -0.338 e. The quantitative estimate of drug-likeness (QED) is 0.894. The maximum Gasteiger partial charge on any atom is 0.319 e. The molecule has 1 saturated heterocycles. The zero-order valence-electron chi connectivity index (χ0n) is 13.3. The molecule has 5 nitrogen and oxygen atoms in total. The fourth-order valence-corrected chi connectivity index (χ4v) is 2.73. The van der Waals surface area contributed by atoms with Crippen molar-refractivity contribution >= 4 is 23.3 Å². The molecule has 1 aliphatic heterocycles. The smallest absolute Gasteiger partial charge is 0.319 e. The number of carbonyl (C=O) groups excluding carboxylic acids is 2. The van der Waals surface area contributed by atoms with Gasteiger partial charge in [-0.15, -0.1) is 0 Å². The maximum atomic E-state index is 13.0. The molecule has 3 amide bonds. The summed E-state index contributed by atoms with van der Waals surface area (Å²) in [5.74, 6) is -0.823. The van der Waals surface area contributed by atoms with Crippen molar-refractivity contribution in [2.24, 2.45) is 5.92 Å². The van der Waals surface area contributed by atoms with Crippen molar-refractivity contribution < 1.29 is 18.4 Å².